The molecule has 2 aliphatic rings. The van der Waals surface area contributed by atoms with Gasteiger partial charge in [-0.25, -0.2) is 4.98 Å². The number of ether oxygens (including phenoxy) is 2. The van der Waals surface area contributed by atoms with E-state index in [-0.39, 0.29) is 6.10 Å². The van der Waals surface area contributed by atoms with Crippen LogP contribution in [0.15, 0.2) is 12.4 Å². The third-order valence-corrected chi connectivity index (χ3v) is 3.28. The summed E-state index contributed by atoms with van der Waals surface area (Å²) in [5.74, 6) is 1.60. The molecule has 0 saturated carbocycles. The largest absolute Gasteiger partial charge is 0.376 e. The first kappa shape index (κ1) is 9.36. The van der Waals surface area contributed by atoms with Gasteiger partial charge in [0.2, 0.25) is 0 Å². The Kier molecular flexibility index (Phi) is 2.46. The summed E-state index contributed by atoms with van der Waals surface area (Å²) in [6.07, 6.45) is 6.54. The Bertz CT molecular complexity index is 331. The standard InChI is InChI=1S/C11H16N2O2/c1-2-9(10-8-14-6-7-15-10)11-12-3-5-13(11)4-1/h3,5,9-10H,1-2,4,6-8H2. The molecule has 0 spiro atoms. The Morgan fingerprint density at radius 3 is 3.27 bits per heavy atom. The Balaban J connectivity index is 1.82. The lowest BCUT2D eigenvalue weighted by atomic mass is 9.93. The number of fused-ring (bicyclic) bond motifs is 1. The summed E-state index contributed by atoms with van der Waals surface area (Å²) in [6, 6.07) is 0. The number of hydrogen-bond acceptors (Lipinski definition) is 3. The fourth-order valence-electron chi connectivity index (χ4n) is 2.54. The van der Waals surface area contributed by atoms with Gasteiger partial charge in [0.05, 0.1) is 25.9 Å². The summed E-state index contributed by atoms with van der Waals surface area (Å²) >= 11 is 0. The molecule has 82 valence electrons. The molecule has 1 aromatic heterocycles. The Hall–Kier alpha value is -0.870. The van der Waals surface area contributed by atoms with Gasteiger partial charge in [-0.3, -0.25) is 0 Å². The zero-order chi connectivity index (χ0) is 10.1. The summed E-state index contributed by atoms with van der Waals surface area (Å²) in [4.78, 5) is 4.44. The van der Waals surface area contributed by atoms with Crippen LogP contribution in [0.5, 0.6) is 0 Å². The fourth-order valence-corrected chi connectivity index (χ4v) is 2.54. The van der Waals surface area contributed by atoms with Crippen molar-refractivity contribution in [3.63, 3.8) is 0 Å². The monoisotopic (exact) mass is 208 g/mol. The highest BCUT2D eigenvalue weighted by molar-refractivity contribution is 5.06. The molecule has 0 radical (unpaired) electrons. The number of aromatic nitrogens is 2. The molecule has 1 saturated heterocycles. The van der Waals surface area contributed by atoms with Gasteiger partial charge in [0.25, 0.3) is 0 Å². The Labute approximate surface area is 89.2 Å². The van der Waals surface area contributed by atoms with E-state index in [4.69, 9.17) is 9.47 Å². The minimum atomic E-state index is 0.209. The summed E-state index contributed by atoms with van der Waals surface area (Å²) in [6.45, 7) is 3.27. The van der Waals surface area contributed by atoms with Crippen LogP contribution in [0.1, 0.15) is 24.6 Å². The first-order valence-corrected chi connectivity index (χ1v) is 5.65. The fraction of sp³-hybridized carbons (Fsp3) is 0.727. The highest BCUT2D eigenvalue weighted by atomic mass is 16.6. The van der Waals surface area contributed by atoms with Crippen LogP contribution in [-0.2, 0) is 16.0 Å². The van der Waals surface area contributed by atoms with Crippen LogP contribution < -0.4 is 0 Å². The molecule has 0 aliphatic carbocycles. The van der Waals surface area contributed by atoms with Crippen molar-refractivity contribution in [3.8, 4) is 0 Å². The van der Waals surface area contributed by atoms with Crippen LogP contribution in [0.4, 0.5) is 0 Å². The summed E-state index contributed by atoms with van der Waals surface area (Å²) in [5.41, 5.74) is 0. The Morgan fingerprint density at radius 2 is 2.40 bits per heavy atom. The highest BCUT2D eigenvalue weighted by Crippen LogP contribution is 2.31. The van der Waals surface area contributed by atoms with Gasteiger partial charge < -0.3 is 14.0 Å². The molecule has 15 heavy (non-hydrogen) atoms. The average Bonchev–Trinajstić information content (AvgIpc) is 2.78. The first-order valence-electron chi connectivity index (χ1n) is 5.65. The molecule has 4 nitrogen and oxygen atoms in total. The van der Waals surface area contributed by atoms with Gasteiger partial charge in [0, 0.05) is 24.9 Å². The van der Waals surface area contributed by atoms with E-state index in [1.165, 1.54) is 18.7 Å². The van der Waals surface area contributed by atoms with Crippen molar-refractivity contribution in [2.24, 2.45) is 0 Å². The molecule has 1 aromatic rings. The van der Waals surface area contributed by atoms with E-state index in [0.717, 1.165) is 26.4 Å². The van der Waals surface area contributed by atoms with Gasteiger partial charge in [-0.15, -0.1) is 0 Å². The van der Waals surface area contributed by atoms with Crippen molar-refractivity contribution in [3.05, 3.63) is 18.2 Å². The highest BCUT2D eigenvalue weighted by Gasteiger charge is 2.31. The molecule has 4 heteroatoms. The quantitative estimate of drug-likeness (QED) is 0.695. The second-order valence-electron chi connectivity index (χ2n) is 4.21. The second-order valence-corrected chi connectivity index (χ2v) is 4.21. The van der Waals surface area contributed by atoms with E-state index < -0.39 is 0 Å². The van der Waals surface area contributed by atoms with Gasteiger partial charge in [-0.05, 0) is 12.8 Å². The predicted octanol–water partition coefficient (Wildman–Crippen LogP) is 1.18. The molecule has 2 atom stereocenters. The molecule has 3 rings (SSSR count). The zero-order valence-electron chi connectivity index (χ0n) is 8.76. The lowest BCUT2D eigenvalue weighted by Gasteiger charge is -2.32. The average molecular weight is 208 g/mol. The van der Waals surface area contributed by atoms with Gasteiger partial charge >= 0.3 is 0 Å². The maximum Gasteiger partial charge on any atom is 0.114 e. The van der Waals surface area contributed by atoms with Crippen molar-refractivity contribution in [1.29, 1.82) is 0 Å². The number of imidazole rings is 1. The maximum absolute atomic E-state index is 5.77. The van der Waals surface area contributed by atoms with Crippen LogP contribution >= 0.6 is 0 Å². The van der Waals surface area contributed by atoms with Gasteiger partial charge in [0.1, 0.15) is 5.82 Å². The SMILES string of the molecule is c1cn2c(n1)C(C1COCCO1)CCC2. The molecule has 0 bridgehead atoms. The molecule has 0 amide bonds. The van der Waals surface area contributed by atoms with Gasteiger partial charge in [-0.2, -0.15) is 0 Å². The van der Waals surface area contributed by atoms with E-state index in [2.05, 4.69) is 15.7 Å². The molecular weight excluding hydrogens is 192 g/mol. The zero-order valence-corrected chi connectivity index (χ0v) is 8.76. The van der Waals surface area contributed by atoms with E-state index in [1.54, 1.807) is 0 Å². The van der Waals surface area contributed by atoms with E-state index in [0.29, 0.717) is 5.92 Å². The van der Waals surface area contributed by atoms with Crippen LogP contribution in [0.2, 0.25) is 0 Å². The lowest BCUT2D eigenvalue weighted by Crippen LogP contribution is -2.36. The number of hydrogen-bond donors (Lipinski definition) is 0. The molecular formula is C11H16N2O2. The molecule has 1 fully saturated rings. The first-order chi connectivity index (χ1) is 7.45. The normalized spacial score (nSPS) is 31.2. The molecule has 3 heterocycles. The smallest absolute Gasteiger partial charge is 0.114 e. The number of nitrogens with zero attached hydrogens (tertiary/aromatic N) is 2. The Morgan fingerprint density at radius 1 is 1.40 bits per heavy atom. The van der Waals surface area contributed by atoms with Gasteiger partial charge in [-0.1, -0.05) is 0 Å². The summed E-state index contributed by atoms with van der Waals surface area (Å²) in [7, 11) is 0. The molecule has 0 aromatic carbocycles. The van der Waals surface area contributed by atoms with Crippen LogP contribution in [0, 0.1) is 0 Å². The molecule has 2 unspecified atom stereocenters. The lowest BCUT2D eigenvalue weighted by molar-refractivity contribution is -0.102. The van der Waals surface area contributed by atoms with Crippen molar-refractivity contribution in [2.75, 3.05) is 19.8 Å². The van der Waals surface area contributed by atoms with E-state index in [9.17, 15) is 0 Å². The van der Waals surface area contributed by atoms with Crippen LogP contribution in [0.3, 0.4) is 0 Å². The molecule has 0 N–H and O–H groups in total. The topological polar surface area (TPSA) is 36.3 Å². The van der Waals surface area contributed by atoms with Crippen molar-refractivity contribution >= 4 is 0 Å². The van der Waals surface area contributed by atoms with Crippen molar-refractivity contribution < 1.29 is 9.47 Å². The van der Waals surface area contributed by atoms with E-state index in [1.807, 2.05) is 6.20 Å². The second kappa shape index (κ2) is 3.94. The summed E-state index contributed by atoms with van der Waals surface area (Å²) in [5, 5.41) is 0. The van der Waals surface area contributed by atoms with Crippen LogP contribution in [-0.4, -0.2) is 35.5 Å². The van der Waals surface area contributed by atoms with E-state index >= 15 is 0 Å². The van der Waals surface area contributed by atoms with Crippen molar-refractivity contribution in [1.82, 2.24) is 9.55 Å². The third-order valence-electron chi connectivity index (χ3n) is 3.28. The third kappa shape index (κ3) is 1.68. The molecule has 2 aliphatic heterocycles. The predicted molar refractivity (Wildman–Crippen MR) is 54.8 cm³/mol. The number of aryl methyl sites for hydroxylation is 1. The minimum absolute atomic E-state index is 0.209. The van der Waals surface area contributed by atoms with Crippen LogP contribution in [0.25, 0.3) is 0 Å². The minimum Gasteiger partial charge on any atom is -0.376 e. The van der Waals surface area contributed by atoms with Crippen molar-refractivity contribution in [2.45, 2.75) is 31.4 Å². The maximum atomic E-state index is 5.77. The summed E-state index contributed by atoms with van der Waals surface area (Å²) < 4.78 is 13.5. The number of rotatable bonds is 1. The van der Waals surface area contributed by atoms with Gasteiger partial charge in [0.15, 0.2) is 0 Å².